The highest BCUT2D eigenvalue weighted by Gasteiger charge is 2.14. The summed E-state index contributed by atoms with van der Waals surface area (Å²) in [5.74, 6) is -0.967. The van der Waals surface area contributed by atoms with Gasteiger partial charge in [-0.05, 0) is 53.3 Å². The molecule has 0 aliphatic rings. The molecule has 0 bridgehead atoms. The van der Waals surface area contributed by atoms with Crippen molar-refractivity contribution in [3.63, 3.8) is 0 Å². The van der Waals surface area contributed by atoms with Crippen LogP contribution in [-0.2, 0) is 0 Å². The van der Waals surface area contributed by atoms with Crippen LogP contribution in [-0.4, -0.2) is 15.6 Å². The van der Waals surface area contributed by atoms with E-state index in [0.717, 1.165) is 9.13 Å². The summed E-state index contributed by atoms with van der Waals surface area (Å²) in [6.45, 7) is 1.94. The van der Waals surface area contributed by atoms with Gasteiger partial charge >= 0.3 is 5.97 Å². The lowest BCUT2D eigenvalue weighted by Crippen LogP contribution is -2.06. The van der Waals surface area contributed by atoms with Crippen molar-refractivity contribution in [2.75, 3.05) is 0 Å². The fourth-order valence-corrected chi connectivity index (χ4v) is 2.38. The average Bonchev–Trinajstić information content (AvgIpc) is 2.64. The van der Waals surface area contributed by atoms with Crippen LogP contribution < -0.4 is 0 Å². The highest BCUT2D eigenvalue weighted by atomic mass is 127. The van der Waals surface area contributed by atoms with Gasteiger partial charge in [0, 0.05) is 9.77 Å². The fraction of sp³-hybridized carbons (Fsp3) is 0.0833. The third-order valence-electron chi connectivity index (χ3n) is 2.37. The molecule has 5 heteroatoms. The maximum absolute atomic E-state index is 11.1. The van der Waals surface area contributed by atoms with Gasteiger partial charge in [-0.15, -0.1) is 0 Å². The fourth-order valence-electron chi connectivity index (χ4n) is 1.60. The number of halogens is 2. The zero-order valence-corrected chi connectivity index (χ0v) is 11.9. The molecule has 1 aromatic heterocycles. The Kier molecular flexibility index (Phi) is 3.44. The number of benzene rings is 1. The normalized spacial score (nSPS) is 10.5. The molecule has 2 aromatic rings. The number of carboxylic acids is 1. The van der Waals surface area contributed by atoms with E-state index >= 15 is 0 Å². The minimum atomic E-state index is -0.967. The summed E-state index contributed by atoms with van der Waals surface area (Å²) in [5, 5.41) is 9.67. The Balaban J connectivity index is 2.67. The lowest BCUT2D eigenvalue weighted by atomic mass is 10.2. The van der Waals surface area contributed by atoms with Crippen LogP contribution >= 0.6 is 34.2 Å². The van der Waals surface area contributed by atoms with Gasteiger partial charge in [-0.25, -0.2) is 4.79 Å². The number of aryl methyl sites for hydroxylation is 1. The molecule has 0 aliphatic heterocycles. The molecule has 0 spiro atoms. The maximum Gasteiger partial charge on any atom is 0.352 e. The largest absolute Gasteiger partial charge is 0.477 e. The van der Waals surface area contributed by atoms with Crippen molar-refractivity contribution < 1.29 is 9.90 Å². The number of aromatic carboxylic acids is 1. The van der Waals surface area contributed by atoms with E-state index in [-0.39, 0.29) is 5.69 Å². The zero-order chi connectivity index (χ0) is 12.6. The summed E-state index contributed by atoms with van der Waals surface area (Å²) < 4.78 is 2.46. The molecule has 0 amide bonds. The second-order valence-electron chi connectivity index (χ2n) is 3.67. The molecule has 1 heterocycles. The lowest BCUT2D eigenvalue weighted by molar-refractivity contribution is 0.0688. The van der Waals surface area contributed by atoms with Gasteiger partial charge in [0.2, 0.25) is 0 Å². The summed E-state index contributed by atoms with van der Waals surface area (Å²) in [6, 6.07) is 7.14. The quantitative estimate of drug-likeness (QED) is 0.828. The standard InChI is InChI=1S/C12H9ClINO2/c1-7-2-3-9(13)10(4-7)15-6-8(14)5-11(15)12(16)17/h2-6H,1H3,(H,16,17). The zero-order valence-electron chi connectivity index (χ0n) is 8.95. The SMILES string of the molecule is Cc1ccc(Cl)c(-n2cc(I)cc2C(=O)O)c1. The Bertz CT molecular complexity index is 592. The average molecular weight is 362 g/mol. The molecule has 0 atom stereocenters. The lowest BCUT2D eigenvalue weighted by Gasteiger charge is -2.09. The number of rotatable bonds is 2. The Labute approximate surface area is 117 Å². The molecule has 0 saturated heterocycles. The van der Waals surface area contributed by atoms with Crippen molar-refractivity contribution in [3.05, 3.63) is 50.3 Å². The predicted octanol–water partition coefficient (Wildman–Crippen LogP) is 3.74. The number of hydrogen-bond donors (Lipinski definition) is 1. The molecule has 1 N–H and O–H groups in total. The molecule has 0 radical (unpaired) electrons. The van der Waals surface area contributed by atoms with Gasteiger partial charge in [0.05, 0.1) is 10.7 Å². The summed E-state index contributed by atoms with van der Waals surface area (Å²) in [7, 11) is 0. The van der Waals surface area contributed by atoms with Crippen LogP contribution in [0.4, 0.5) is 0 Å². The van der Waals surface area contributed by atoms with Crippen molar-refractivity contribution >= 4 is 40.2 Å². The first-order chi connectivity index (χ1) is 7.99. The maximum atomic E-state index is 11.1. The van der Waals surface area contributed by atoms with Crippen LogP contribution in [0.2, 0.25) is 5.02 Å². The Morgan fingerprint density at radius 1 is 1.41 bits per heavy atom. The van der Waals surface area contributed by atoms with Gasteiger partial charge in [0.1, 0.15) is 5.69 Å². The van der Waals surface area contributed by atoms with Crippen molar-refractivity contribution in [2.45, 2.75) is 6.92 Å². The summed E-state index contributed by atoms with van der Waals surface area (Å²) in [5.41, 5.74) is 1.93. The molecule has 88 valence electrons. The van der Waals surface area contributed by atoms with E-state index in [1.54, 1.807) is 22.9 Å². The topological polar surface area (TPSA) is 42.2 Å². The van der Waals surface area contributed by atoms with Crippen LogP contribution in [0.3, 0.4) is 0 Å². The van der Waals surface area contributed by atoms with E-state index in [4.69, 9.17) is 16.7 Å². The van der Waals surface area contributed by atoms with E-state index in [2.05, 4.69) is 22.6 Å². The minimum absolute atomic E-state index is 0.210. The van der Waals surface area contributed by atoms with E-state index in [0.29, 0.717) is 10.7 Å². The molecule has 2 rings (SSSR count). The third-order valence-corrected chi connectivity index (χ3v) is 3.28. The Hall–Kier alpha value is -1.01. The van der Waals surface area contributed by atoms with Gasteiger partial charge in [-0.1, -0.05) is 17.7 Å². The summed E-state index contributed by atoms with van der Waals surface area (Å²) in [6.07, 6.45) is 1.75. The molecule has 3 nitrogen and oxygen atoms in total. The highest BCUT2D eigenvalue weighted by Crippen LogP contribution is 2.25. The van der Waals surface area contributed by atoms with Crippen LogP contribution in [0.5, 0.6) is 0 Å². The van der Waals surface area contributed by atoms with Gasteiger partial charge in [0.15, 0.2) is 0 Å². The minimum Gasteiger partial charge on any atom is -0.477 e. The van der Waals surface area contributed by atoms with E-state index in [1.165, 1.54) is 0 Å². The van der Waals surface area contributed by atoms with Crippen molar-refractivity contribution in [2.24, 2.45) is 0 Å². The first-order valence-corrected chi connectivity index (χ1v) is 6.32. The van der Waals surface area contributed by atoms with Gasteiger partial charge in [0.25, 0.3) is 0 Å². The van der Waals surface area contributed by atoms with Crippen LogP contribution in [0.25, 0.3) is 5.69 Å². The van der Waals surface area contributed by atoms with Crippen LogP contribution in [0.1, 0.15) is 16.1 Å². The number of nitrogens with zero attached hydrogens (tertiary/aromatic N) is 1. The van der Waals surface area contributed by atoms with E-state index in [9.17, 15) is 4.79 Å². The Morgan fingerprint density at radius 2 is 2.12 bits per heavy atom. The molecule has 1 aromatic carbocycles. The van der Waals surface area contributed by atoms with Crippen molar-refractivity contribution in [1.29, 1.82) is 0 Å². The first-order valence-electron chi connectivity index (χ1n) is 4.87. The molecule has 0 aliphatic carbocycles. The second-order valence-corrected chi connectivity index (χ2v) is 5.33. The van der Waals surface area contributed by atoms with Crippen LogP contribution in [0.15, 0.2) is 30.5 Å². The molecular formula is C12H9ClINO2. The van der Waals surface area contributed by atoms with Gasteiger partial charge in [-0.3, -0.25) is 0 Å². The second kappa shape index (κ2) is 4.70. The smallest absolute Gasteiger partial charge is 0.352 e. The molecule has 0 fully saturated rings. The van der Waals surface area contributed by atoms with E-state index < -0.39 is 5.97 Å². The number of aromatic nitrogens is 1. The number of carboxylic acid groups (broad SMARTS) is 1. The van der Waals surface area contributed by atoms with Crippen molar-refractivity contribution in [3.8, 4) is 5.69 Å². The number of hydrogen-bond acceptors (Lipinski definition) is 1. The molecule has 0 saturated carbocycles. The molecule has 17 heavy (non-hydrogen) atoms. The summed E-state index contributed by atoms with van der Waals surface area (Å²) in [4.78, 5) is 11.1. The van der Waals surface area contributed by atoms with Gasteiger partial charge < -0.3 is 9.67 Å². The highest BCUT2D eigenvalue weighted by molar-refractivity contribution is 14.1. The predicted molar refractivity (Wildman–Crippen MR) is 75.2 cm³/mol. The van der Waals surface area contributed by atoms with Crippen molar-refractivity contribution in [1.82, 2.24) is 4.57 Å². The van der Waals surface area contributed by atoms with Crippen LogP contribution in [0, 0.1) is 10.5 Å². The third kappa shape index (κ3) is 2.47. The molecular weight excluding hydrogens is 352 g/mol. The number of carbonyl (C=O) groups is 1. The Morgan fingerprint density at radius 3 is 2.76 bits per heavy atom. The summed E-state index contributed by atoms with van der Waals surface area (Å²) >= 11 is 8.18. The monoisotopic (exact) mass is 361 g/mol. The molecule has 0 unspecified atom stereocenters. The van der Waals surface area contributed by atoms with Gasteiger partial charge in [-0.2, -0.15) is 0 Å². The first kappa shape index (κ1) is 12.4. The van der Waals surface area contributed by atoms with E-state index in [1.807, 2.05) is 19.1 Å².